The smallest absolute Gasteiger partial charge is 0.282 e. The topological polar surface area (TPSA) is 62.3 Å². The second-order valence-electron chi connectivity index (χ2n) is 5.90. The lowest BCUT2D eigenvalue weighted by Crippen LogP contribution is -2.36. The predicted octanol–water partition coefficient (Wildman–Crippen LogP) is 2.16. The van der Waals surface area contributed by atoms with Crippen molar-refractivity contribution < 1.29 is 11.0 Å². The van der Waals surface area contributed by atoms with Gasteiger partial charge in [0, 0.05) is 25.2 Å². The first-order valence-corrected chi connectivity index (χ1v) is 7.94. The summed E-state index contributed by atoms with van der Waals surface area (Å²) in [5, 5.41) is 3.19. The van der Waals surface area contributed by atoms with Gasteiger partial charge in [0.05, 0.1) is 17.0 Å². The molecule has 0 radical (unpaired) electrons. The predicted molar refractivity (Wildman–Crippen MR) is 84.5 cm³/mol. The lowest BCUT2D eigenvalue weighted by Gasteiger charge is -2.20. The first kappa shape index (κ1) is 12.3. The van der Waals surface area contributed by atoms with Crippen LogP contribution in [-0.2, 0) is 4.79 Å². The summed E-state index contributed by atoms with van der Waals surface area (Å²) in [6.07, 6.45) is 1.25. The van der Waals surface area contributed by atoms with Gasteiger partial charge in [-0.05, 0) is 18.6 Å². The molecule has 0 bridgehead atoms. The molecule has 0 saturated carbocycles. The molecule has 3 heterocycles. The number of carbonyl (C=O) groups excluding carboxylic acids is 2. The molecule has 0 aliphatic carbocycles. The number of benzene rings is 1. The SMILES string of the molecule is [3H]c1ccc2nc(C(=O)N3CCC4(CC(=C)NC4=O)C3)sc2c1. The van der Waals surface area contributed by atoms with Crippen LogP contribution in [0.3, 0.4) is 0 Å². The fourth-order valence-corrected chi connectivity index (χ4v) is 4.16. The Bertz CT molecular complexity index is 862. The molecule has 2 saturated heterocycles. The number of para-hydroxylation sites is 1. The van der Waals surface area contributed by atoms with Crippen molar-refractivity contribution in [3.63, 3.8) is 0 Å². The van der Waals surface area contributed by atoms with Crippen molar-refractivity contribution in [2.45, 2.75) is 12.8 Å². The fourth-order valence-electron chi connectivity index (χ4n) is 3.25. The van der Waals surface area contributed by atoms with Crippen molar-refractivity contribution >= 4 is 33.4 Å². The average Bonchev–Trinajstić information content (AvgIpc) is 3.17. The Labute approximate surface area is 133 Å². The van der Waals surface area contributed by atoms with Crippen LogP contribution in [0.5, 0.6) is 0 Å². The highest BCUT2D eigenvalue weighted by Crippen LogP contribution is 2.41. The van der Waals surface area contributed by atoms with Crippen LogP contribution in [0.1, 0.15) is 24.0 Å². The van der Waals surface area contributed by atoms with Gasteiger partial charge in [-0.15, -0.1) is 11.3 Å². The minimum atomic E-state index is -0.516. The fraction of sp³-hybridized carbons (Fsp3) is 0.312. The van der Waals surface area contributed by atoms with Gasteiger partial charge >= 0.3 is 0 Å². The molecule has 1 spiro atoms. The van der Waals surface area contributed by atoms with E-state index in [0.29, 0.717) is 37.0 Å². The van der Waals surface area contributed by atoms with Crippen LogP contribution in [0.2, 0.25) is 0 Å². The van der Waals surface area contributed by atoms with Crippen LogP contribution >= 0.6 is 11.3 Å². The molecule has 1 aromatic carbocycles. The minimum Gasteiger partial charge on any atom is -0.335 e. The second-order valence-corrected chi connectivity index (χ2v) is 6.93. The number of allylic oxidation sites excluding steroid dienone is 1. The molecule has 2 aliphatic rings. The van der Waals surface area contributed by atoms with Crippen molar-refractivity contribution in [1.82, 2.24) is 15.2 Å². The molecular weight excluding hydrogens is 298 g/mol. The third kappa shape index (κ3) is 1.94. The molecule has 2 amide bonds. The quantitative estimate of drug-likeness (QED) is 0.877. The summed E-state index contributed by atoms with van der Waals surface area (Å²) in [4.78, 5) is 30.9. The van der Waals surface area contributed by atoms with E-state index in [-0.39, 0.29) is 11.8 Å². The van der Waals surface area contributed by atoms with Gasteiger partial charge in [0.1, 0.15) is 0 Å². The number of nitrogens with one attached hydrogen (secondary N) is 1. The number of rotatable bonds is 1. The summed E-state index contributed by atoms with van der Waals surface area (Å²) in [5.41, 5.74) is 0.945. The van der Waals surface area contributed by atoms with Gasteiger partial charge < -0.3 is 10.2 Å². The maximum Gasteiger partial charge on any atom is 0.282 e. The highest BCUT2D eigenvalue weighted by atomic mass is 32.1. The number of hydrogen-bond acceptors (Lipinski definition) is 4. The number of thiazole rings is 1. The Hall–Kier alpha value is -2.21. The van der Waals surface area contributed by atoms with Crippen molar-refractivity contribution in [2.75, 3.05) is 13.1 Å². The lowest BCUT2D eigenvalue weighted by molar-refractivity contribution is -0.126. The second kappa shape index (κ2) is 4.64. The largest absolute Gasteiger partial charge is 0.335 e. The number of nitrogens with zero attached hydrogens (tertiary/aromatic N) is 2. The van der Waals surface area contributed by atoms with Gasteiger partial charge in [-0.3, -0.25) is 9.59 Å². The lowest BCUT2D eigenvalue weighted by atomic mass is 9.85. The summed E-state index contributed by atoms with van der Waals surface area (Å²) in [6, 6.07) is 5.53. The monoisotopic (exact) mass is 315 g/mol. The molecule has 2 aliphatic heterocycles. The molecular formula is C16H15N3O2S. The van der Waals surface area contributed by atoms with Crippen LogP contribution in [0.25, 0.3) is 10.2 Å². The van der Waals surface area contributed by atoms with Crippen LogP contribution < -0.4 is 5.32 Å². The van der Waals surface area contributed by atoms with Crippen LogP contribution in [-0.4, -0.2) is 34.8 Å². The molecule has 2 aromatic rings. The van der Waals surface area contributed by atoms with Gasteiger partial charge in [0.25, 0.3) is 5.91 Å². The molecule has 1 N–H and O–H groups in total. The van der Waals surface area contributed by atoms with E-state index in [1.54, 1.807) is 23.1 Å². The third-order valence-electron chi connectivity index (χ3n) is 4.38. The average molecular weight is 315 g/mol. The van der Waals surface area contributed by atoms with E-state index < -0.39 is 5.41 Å². The molecule has 1 atom stereocenters. The Kier molecular flexibility index (Phi) is 2.61. The number of carbonyl (C=O) groups is 2. The first-order valence-electron chi connectivity index (χ1n) is 7.63. The number of fused-ring (bicyclic) bond motifs is 1. The van der Waals surface area contributed by atoms with Crippen LogP contribution in [0.15, 0.2) is 36.5 Å². The summed E-state index contributed by atoms with van der Waals surface area (Å²) < 4.78 is 8.48. The van der Waals surface area contributed by atoms with Gasteiger partial charge in [-0.2, -0.15) is 0 Å². The highest BCUT2D eigenvalue weighted by Gasteiger charge is 2.50. The van der Waals surface area contributed by atoms with Gasteiger partial charge in [-0.25, -0.2) is 4.98 Å². The van der Waals surface area contributed by atoms with E-state index in [9.17, 15) is 9.59 Å². The van der Waals surface area contributed by atoms with E-state index in [0.717, 1.165) is 15.9 Å². The van der Waals surface area contributed by atoms with E-state index >= 15 is 0 Å². The highest BCUT2D eigenvalue weighted by molar-refractivity contribution is 7.20. The number of hydrogen-bond donors (Lipinski definition) is 1. The number of likely N-dealkylation sites (tertiary alicyclic amines) is 1. The molecule has 2 fully saturated rings. The van der Waals surface area contributed by atoms with Gasteiger partial charge in [0.15, 0.2) is 5.01 Å². The Balaban J connectivity index is 1.59. The standard InChI is InChI=1S/C16H15N3O2S/c1-10-8-16(15(21)17-10)6-7-19(9-16)14(20)13-18-11-4-2-3-5-12(11)22-13/h2-5H,1,6-9H2,(H,17,21)/i3T. The minimum absolute atomic E-state index is 0.0269. The first-order chi connectivity index (χ1) is 11.0. The molecule has 1 aromatic heterocycles. The van der Waals surface area contributed by atoms with E-state index in [2.05, 4.69) is 16.9 Å². The molecule has 4 rings (SSSR count). The van der Waals surface area contributed by atoms with E-state index in [4.69, 9.17) is 1.37 Å². The molecule has 22 heavy (non-hydrogen) atoms. The Morgan fingerprint density at radius 2 is 2.41 bits per heavy atom. The van der Waals surface area contributed by atoms with Gasteiger partial charge in [0.2, 0.25) is 5.91 Å². The maximum absolute atomic E-state index is 12.7. The zero-order chi connectivity index (χ0) is 16.2. The van der Waals surface area contributed by atoms with Crippen LogP contribution in [0, 0.1) is 5.41 Å². The summed E-state index contributed by atoms with van der Waals surface area (Å²) in [5.74, 6) is -0.166. The molecule has 5 nitrogen and oxygen atoms in total. The number of aromatic nitrogens is 1. The molecule has 6 heteroatoms. The van der Waals surface area contributed by atoms with Crippen molar-refractivity contribution in [3.05, 3.63) is 41.5 Å². The van der Waals surface area contributed by atoms with Gasteiger partial charge in [-0.1, -0.05) is 18.7 Å². The summed E-state index contributed by atoms with van der Waals surface area (Å²) in [7, 11) is 0. The van der Waals surface area contributed by atoms with Crippen molar-refractivity contribution in [1.29, 1.82) is 0 Å². The normalized spacial score (nSPS) is 25.1. The third-order valence-corrected chi connectivity index (χ3v) is 5.39. The van der Waals surface area contributed by atoms with Crippen molar-refractivity contribution in [3.8, 4) is 0 Å². The van der Waals surface area contributed by atoms with E-state index in [1.807, 2.05) is 0 Å². The zero-order valence-corrected chi connectivity index (χ0v) is 12.7. The number of amides is 2. The summed E-state index contributed by atoms with van der Waals surface area (Å²) >= 11 is 1.30. The maximum atomic E-state index is 12.7. The Morgan fingerprint density at radius 1 is 1.55 bits per heavy atom. The van der Waals surface area contributed by atoms with E-state index in [1.165, 1.54) is 11.3 Å². The van der Waals surface area contributed by atoms with Crippen molar-refractivity contribution in [2.24, 2.45) is 5.41 Å². The molecule has 112 valence electrons. The summed E-state index contributed by atoms with van der Waals surface area (Å²) in [6.45, 7) is 4.79. The van der Waals surface area contributed by atoms with Crippen LogP contribution in [0.4, 0.5) is 0 Å². The zero-order valence-electron chi connectivity index (χ0n) is 12.9. The Morgan fingerprint density at radius 3 is 3.18 bits per heavy atom. The molecule has 1 unspecified atom stereocenters.